The number of alkyl halides is 1. The van der Waals surface area contributed by atoms with E-state index in [1.807, 2.05) is 6.92 Å². The van der Waals surface area contributed by atoms with Crippen molar-refractivity contribution in [2.45, 2.75) is 40.0 Å². The Hall–Kier alpha value is -1.14. The van der Waals surface area contributed by atoms with Crippen LogP contribution in [0, 0.1) is 13.8 Å². The van der Waals surface area contributed by atoms with E-state index in [1.54, 1.807) is 13.8 Å². The van der Waals surface area contributed by atoms with E-state index in [-0.39, 0.29) is 17.7 Å². The number of nitrogens with one attached hydrogen (secondary N) is 1. The molecule has 1 aromatic rings. The number of carbonyl (C=O) groups is 3. The van der Waals surface area contributed by atoms with Gasteiger partial charge in [-0.05, 0) is 73.0 Å². The Labute approximate surface area is 168 Å². The molecule has 0 spiro atoms. The maximum Gasteiger partial charge on any atom is 0.253 e. The summed E-state index contributed by atoms with van der Waals surface area (Å²) in [5, 5.41) is 1.31. The Morgan fingerprint density at radius 2 is 1.62 bits per heavy atom. The molecule has 0 aliphatic carbocycles. The SMILES string of the molecule is CCc1c(NC(=O)COCCCCCl)c(C)c(C(=O)Cl)c(C)c1C(=O)Cl. The Kier molecular flexibility index (Phi) is 9.58. The Morgan fingerprint density at radius 1 is 1.00 bits per heavy atom. The lowest BCUT2D eigenvalue weighted by molar-refractivity contribution is -0.120. The molecular formula is C18H22Cl3NO4. The van der Waals surface area contributed by atoms with Crippen LogP contribution >= 0.6 is 34.8 Å². The van der Waals surface area contributed by atoms with Gasteiger partial charge < -0.3 is 10.1 Å². The van der Waals surface area contributed by atoms with Gasteiger partial charge in [0, 0.05) is 29.3 Å². The van der Waals surface area contributed by atoms with Crippen LogP contribution in [0.4, 0.5) is 5.69 Å². The predicted molar refractivity (Wildman–Crippen MR) is 105 cm³/mol. The third-order valence-corrected chi connectivity index (χ3v) is 4.67. The van der Waals surface area contributed by atoms with Crippen molar-refractivity contribution >= 4 is 56.9 Å². The van der Waals surface area contributed by atoms with E-state index in [0.717, 1.165) is 12.8 Å². The molecule has 144 valence electrons. The summed E-state index contributed by atoms with van der Waals surface area (Å²) in [6, 6.07) is 0. The van der Waals surface area contributed by atoms with Crippen LogP contribution in [-0.2, 0) is 16.0 Å². The maximum absolute atomic E-state index is 12.2. The minimum absolute atomic E-state index is 0.146. The highest BCUT2D eigenvalue weighted by Crippen LogP contribution is 2.34. The van der Waals surface area contributed by atoms with Crippen LogP contribution in [0.5, 0.6) is 0 Å². The first-order valence-electron chi connectivity index (χ1n) is 8.25. The Balaban J connectivity index is 3.18. The lowest BCUT2D eigenvalue weighted by atomic mass is 9.90. The highest BCUT2D eigenvalue weighted by Gasteiger charge is 2.25. The molecule has 0 atom stereocenters. The van der Waals surface area contributed by atoms with Crippen LogP contribution in [0.2, 0.25) is 0 Å². The Bertz CT molecular complexity index is 704. The monoisotopic (exact) mass is 421 g/mol. The molecule has 0 heterocycles. The summed E-state index contributed by atoms with van der Waals surface area (Å²) in [4.78, 5) is 36.0. The third-order valence-electron chi connectivity index (χ3n) is 4.02. The number of halogens is 3. The average molecular weight is 423 g/mol. The summed E-state index contributed by atoms with van der Waals surface area (Å²) in [7, 11) is 0. The number of rotatable bonds is 10. The van der Waals surface area contributed by atoms with Gasteiger partial charge in [-0.15, -0.1) is 11.6 Å². The van der Waals surface area contributed by atoms with E-state index < -0.39 is 16.4 Å². The smallest absolute Gasteiger partial charge is 0.253 e. The van der Waals surface area contributed by atoms with Crippen LogP contribution in [0.15, 0.2) is 0 Å². The third kappa shape index (κ3) is 5.68. The summed E-state index contributed by atoms with van der Waals surface area (Å²) in [5.74, 6) is 0.154. The van der Waals surface area contributed by atoms with Crippen molar-refractivity contribution < 1.29 is 19.1 Å². The second-order valence-electron chi connectivity index (χ2n) is 5.75. The second kappa shape index (κ2) is 10.9. The fourth-order valence-corrected chi connectivity index (χ4v) is 3.56. The molecule has 5 nitrogen and oxygen atoms in total. The summed E-state index contributed by atoms with van der Waals surface area (Å²) < 4.78 is 5.31. The van der Waals surface area contributed by atoms with Crippen LogP contribution in [0.25, 0.3) is 0 Å². The van der Waals surface area contributed by atoms with E-state index in [9.17, 15) is 14.4 Å². The number of amides is 1. The molecular weight excluding hydrogens is 401 g/mol. The van der Waals surface area contributed by atoms with Crippen molar-refractivity contribution in [1.29, 1.82) is 0 Å². The molecule has 8 heteroatoms. The van der Waals surface area contributed by atoms with Gasteiger partial charge in [-0.3, -0.25) is 14.4 Å². The van der Waals surface area contributed by atoms with Crippen molar-refractivity contribution in [2.75, 3.05) is 24.4 Å². The summed E-state index contributed by atoms with van der Waals surface area (Å²) in [6.45, 7) is 5.39. The summed E-state index contributed by atoms with van der Waals surface area (Å²) in [5.41, 5.74) is 2.22. The van der Waals surface area contributed by atoms with Crippen LogP contribution < -0.4 is 5.32 Å². The molecule has 1 aromatic carbocycles. The lowest BCUT2D eigenvalue weighted by Crippen LogP contribution is -2.22. The first-order valence-corrected chi connectivity index (χ1v) is 9.54. The van der Waals surface area contributed by atoms with Gasteiger partial charge in [0.25, 0.3) is 10.5 Å². The number of hydrogen-bond acceptors (Lipinski definition) is 4. The molecule has 0 aliphatic heterocycles. The molecule has 1 amide bonds. The predicted octanol–water partition coefficient (Wildman–Crippen LogP) is 4.60. The molecule has 1 rings (SSSR count). The number of anilines is 1. The number of benzene rings is 1. The van der Waals surface area contributed by atoms with E-state index in [0.29, 0.717) is 41.3 Å². The zero-order valence-electron chi connectivity index (χ0n) is 15.0. The molecule has 26 heavy (non-hydrogen) atoms. The van der Waals surface area contributed by atoms with Gasteiger partial charge in [-0.25, -0.2) is 0 Å². The standard InChI is InChI=1S/C18H22Cl3NO4/c1-4-12-15(18(21)25)10(2)14(17(20)24)11(3)16(12)22-13(23)9-26-8-6-5-7-19/h4-9H2,1-3H3,(H,22,23). The molecule has 0 saturated heterocycles. The van der Waals surface area contributed by atoms with Crippen molar-refractivity contribution in [2.24, 2.45) is 0 Å². The fourth-order valence-electron chi connectivity index (χ4n) is 2.83. The summed E-state index contributed by atoms with van der Waals surface area (Å²) in [6.07, 6.45) is 2.01. The number of unbranched alkanes of at least 4 members (excludes halogenated alkanes) is 1. The van der Waals surface area contributed by atoms with Gasteiger partial charge in [0.05, 0.1) is 0 Å². The summed E-state index contributed by atoms with van der Waals surface area (Å²) >= 11 is 17.0. The van der Waals surface area contributed by atoms with Crippen LogP contribution in [-0.4, -0.2) is 35.5 Å². The molecule has 0 fully saturated rings. The topological polar surface area (TPSA) is 72.5 Å². The largest absolute Gasteiger partial charge is 0.372 e. The minimum atomic E-state index is -0.713. The fraction of sp³-hybridized carbons (Fsp3) is 0.500. The van der Waals surface area contributed by atoms with Crippen LogP contribution in [0.3, 0.4) is 0 Å². The van der Waals surface area contributed by atoms with E-state index in [1.165, 1.54) is 0 Å². The van der Waals surface area contributed by atoms with Gasteiger partial charge in [0.15, 0.2) is 0 Å². The van der Waals surface area contributed by atoms with E-state index in [2.05, 4.69) is 5.32 Å². The van der Waals surface area contributed by atoms with Crippen molar-refractivity contribution in [1.82, 2.24) is 0 Å². The van der Waals surface area contributed by atoms with Crippen molar-refractivity contribution in [3.63, 3.8) is 0 Å². The van der Waals surface area contributed by atoms with E-state index in [4.69, 9.17) is 39.5 Å². The highest BCUT2D eigenvalue weighted by molar-refractivity contribution is 6.69. The van der Waals surface area contributed by atoms with Gasteiger partial charge in [0.2, 0.25) is 5.91 Å². The van der Waals surface area contributed by atoms with Gasteiger partial charge in [-0.1, -0.05) is 6.92 Å². The maximum atomic E-state index is 12.2. The number of carbonyl (C=O) groups excluding carboxylic acids is 3. The zero-order chi connectivity index (χ0) is 19.9. The Morgan fingerprint density at radius 3 is 2.12 bits per heavy atom. The molecule has 0 aromatic heterocycles. The lowest BCUT2D eigenvalue weighted by Gasteiger charge is -2.20. The molecule has 0 aliphatic rings. The second-order valence-corrected chi connectivity index (χ2v) is 6.82. The van der Waals surface area contributed by atoms with E-state index >= 15 is 0 Å². The van der Waals surface area contributed by atoms with Gasteiger partial charge in [-0.2, -0.15) is 0 Å². The quantitative estimate of drug-likeness (QED) is 0.340. The number of hydrogen-bond donors (Lipinski definition) is 1. The normalized spacial score (nSPS) is 10.7. The molecule has 0 radical (unpaired) electrons. The highest BCUT2D eigenvalue weighted by atomic mass is 35.5. The average Bonchev–Trinajstić information content (AvgIpc) is 2.56. The first-order chi connectivity index (χ1) is 12.3. The van der Waals surface area contributed by atoms with Crippen LogP contribution in [0.1, 0.15) is 57.2 Å². The first kappa shape index (κ1) is 22.9. The molecule has 0 bridgehead atoms. The molecule has 0 saturated carbocycles. The number of ether oxygens (including phenoxy) is 1. The minimum Gasteiger partial charge on any atom is -0.372 e. The zero-order valence-corrected chi connectivity index (χ0v) is 17.3. The molecule has 1 N–H and O–H groups in total. The van der Waals surface area contributed by atoms with Gasteiger partial charge >= 0.3 is 0 Å². The molecule has 0 unspecified atom stereocenters. The van der Waals surface area contributed by atoms with Gasteiger partial charge in [0.1, 0.15) is 6.61 Å². The van der Waals surface area contributed by atoms with Crippen molar-refractivity contribution in [3.8, 4) is 0 Å². The van der Waals surface area contributed by atoms with Crippen molar-refractivity contribution in [3.05, 3.63) is 27.8 Å².